The molecule has 0 radical (unpaired) electrons. The number of amides is 2. The Bertz CT molecular complexity index is 691. The van der Waals surface area contributed by atoms with E-state index in [1.807, 2.05) is 13.0 Å². The molecule has 23 heavy (non-hydrogen) atoms. The number of ether oxygens (including phenoxy) is 2. The van der Waals surface area contributed by atoms with Crippen molar-refractivity contribution in [3.05, 3.63) is 53.8 Å². The molecule has 0 aliphatic carbocycles. The summed E-state index contributed by atoms with van der Waals surface area (Å²) in [5.41, 5.74) is 1.25. The Labute approximate surface area is 134 Å². The molecule has 6 heteroatoms. The first-order valence-corrected chi connectivity index (χ1v) is 7.08. The molecule has 0 spiro atoms. The Morgan fingerprint density at radius 1 is 1.09 bits per heavy atom. The summed E-state index contributed by atoms with van der Waals surface area (Å²) in [6, 6.07) is 10.4. The Morgan fingerprint density at radius 2 is 1.83 bits per heavy atom. The Balaban J connectivity index is 2.03. The first kappa shape index (κ1) is 16.6. The molecule has 0 aliphatic rings. The van der Waals surface area contributed by atoms with Crippen LogP contribution >= 0.6 is 0 Å². The molecule has 0 bridgehead atoms. The maximum Gasteiger partial charge on any atom is 0.319 e. The number of methoxy groups -OCH3 is 2. The fourth-order valence-corrected chi connectivity index (χ4v) is 2.14. The van der Waals surface area contributed by atoms with Gasteiger partial charge in [-0.1, -0.05) is 12.1 Å². The Hall–Kier alpha value is -2.76. The third kappa shape index (κ3) is 4.35. The third-order valence-electron chi connectivity index (χ3n) is 3.34. The van der Waals surface area contributed by atoms with Gasteiger partial charge in [-0.3, -0.25) is 0 Å². The summed E-state index contributed by atoms with van der Waals surface area (Å²) in [7, 11) is 3.11. The molecule has 2 N–H and O–H groups in total. The standard InChI is InChI=1S/C17H19FN2O3/c1-11(12-7-8-15(22-2)16(9-12)23-3)19-17(21)20-14-6-4-5-13(18)10-14/h4-11H,1-3H3,(H2,19,20,21). The van der Waals surface area contributed by atoms with Gasteiger partial charge in [0.1, 0.15) is 5.82 Å². The molecular weight excluding hydrogens is 299 g/mol. The Morgan fingerprint density at radius 3 is 2.48 bits per heavy atom. The monoisotopic (exact) mass is 318 g/mol. The maximum atomic E-state index is 13.1. The summed E-state index contributed by atoms with van der Waals surface area (Å²) < 4.78 is 23.5. The molecule has 2 amide bonds. The number of carbonyl (C=O) groups excluding carboxylic acids is 1. The van der Waals surface area contributed by atoms with Crippen molar-refractivity contribution in [3.63, 3.8) is 0 Å². The van der Waals surface area contributed by atoms with Crippen molar-refractivity contribution in [1.29, 1.82) is 0 Å². The molecule has 0 heterocycles. The molecule has 0 aliphatic heterocycles. The van der Waals surface area contributed by atoms with Crippen LogP contribution in [0.3, 0.4) is 0 Å². The number of nitrogens with one attached hydrogen (secondary N) is 2. The second-order valence-corrected chi connectivity index (χ2v) is 4.94. The number of hydrogen-bond acceptors (Lipinski definition) is 3. The van der Waals surface area contributed by atoms with Crippen molar-refractivity contribution in [1.82, 2.24) is 5.32 Å². The van der Waals surface area contributed by atoms with Crippen molar-refractivity contribution >= 4 is 11.7 Å². The van der Waals surface area contributed by atoms with Crippen LogP contribution < -0.4 is 20.1 Å². The summed E-state index contributed by atoms with van der Waals surface area (Å²) in [6.07, 6.45) is 0. The van der Waals surface area contributed by atoms with Gasteiger partial charge in [0.2, 0.25) is 0 Å². The Kier molecular flexibility index (Phi) is 5.41. The predicted molar refractivity (Wildman–Crippen MR) is 86.5 cm³/mol. The van der Waals surface area contributed by atoms with Crippen LogP contribution in [0.4, 0.5) is 14.9 Å². The van der Waals surface area contributed by atoms with E-state index in [-0.39, 0.29) is 6.04 Å². The van der Waals surface area contributed by atoms with Crippen LogP contribution in [-0.2, 0) is 0 Å². The van der Waals surface area contributed by atoms with Crippen LogP contribution in [0.15, 0.2) is 42.5 Å². The van der Waals surface area contributed by atoms with E-state index in [1.54, 1.807) is 32.4 Å². The molecule has 1 unspecified atom stereocenters. The zero-order valence-electron chi connectivity index (χ0n) is 13.2. The topological polar surface area (TPSA) is 59.6 Å². The summed E-state index contributed by atoms with van der Waals surface area (Å²) in [4.78, 5) is 12.0. The molecule has 5 nitrogen and oxygen atoms in total. The van der Waals surface area contributed by atoms with E-state index in [4.69, 9.17) is 9.47 Å². The van der Waals surface area contributed by atoms with Gasteiger partial charge in [-0.25, -0.2) is 9.18 Å². The zero-order chi connectivity index (χ0) is 16.8. The zero-order valence-corrected chi connectivity index (χ0v) is 13.2. The van der Waals surface area contributed by atoms with Crippen LogP contribution in [0, 0.1) is 5.82 Å². The molecule has 0 fully saturated rings. The number of urea groups is 1. The van der Waals surface area contributed by atoms with E-state index in [0.29, 0.717) is 17.2 Å². The lowest BCUT2D eigenvalue weighted by atomic mass is 10.1. The van der Waals surface area contributed by atoms with Crippen LogP contribution in [0.5, 0.6) is 11.5 Å². The van der Waals surface area contributed by atoms with Crippen molar-refractivity contribution in [2.75, 3.05) is 19.5 Å². The average molecular weight is 318 g/mol. The summed E-state index contributed by atoms with van der Waals surface area (Å²) in [6.45, 7) is 1.84. The lowest BCUT2D eigenvalue weighted by Crippen LogP contribution is -2.31. The van der Waals surface area contributed by atoms with Crippen molar-refractivity contribution < 1.29 is 18.7 Å². The highest BCUT2D eigenvalue weighted by molar-refractivity contribution is 5.89. The van der Waals surface area contributed by atoms with E-state index in [1.165, 1.54) is 18.2 Å². The minimum Gasteiger partial charge on any atom is -0.493 e. The van der Waals surface area contributed by atoms with E-state index in [2.05, 4.69) is 10.6 Å². The molecule has 0 aromatic heterocycles. The lowest BCUT2D eigenvalue weighted by Gasteiger charge is -2.17. The fraction of sp³-hybridized carbons (Fsp3) is 0.235. The van der Waals surface area contributed by atoms with Gasteiger partial charge in [0.15, 0.2) is 11.5 Å². The number of benzene rings is 2. The van der Waals surface area contributed by atoms with Crippen LogP contribution in [0.25, 0.3) is 0 Å². The molecule has 1 atom stereocenters. The molecule has 122 valence electrons. The van der Waals surface area contributed by atoms with Gasteiger partial charge in [0, 0.05) is 5.69 Å². The minimum atomic E-state index is -0.419. The van der Waals surface area contributed by atoms with E-state index in [9.17, 15) is 9.18 Å². The number of hydrogen-bond donors (Lipinski definition) is 2. The minimum absolute atomic E-state index is 0.261. The van der Waals surface area contributed by atoms with E-state index < -0.39 is 11.8 Å². The van der Waals surface area contributed by atoms with Crippen LogP contribution in [-0.4, -0.2) is 20.3 Å². The second-order valence-electron chi connectivity index (χ2n) is 4.94. The molecule has 2 aromatic carbocycles. The fourth-order valence-electron chi connectivity index (χ4n) is 2.14. The maximum absolute atomic E-state index is 13.1. The van der Waals surface area contributed by atoms with Crippen molar-refractivity contribution in [3.8, 4) is 11.5 Å². The quantitative estimate of drug-likeness (QED) is 0.883. The summed E-state index contributed by atoms with van der Waals surface area (Å²) in [5, 5.41) is 5.37. The van der Waals surface area contributed by atoms with Gasteiger partial charge >= 0.3 is 6.03 Å². The lowest BCUT2D eigenvalue weighted by molar-refractivity contribution is 0.249. The van der Waals surface area contributed by atoms with E-state index in [0.717, 1.165) is 5.56 Å². The number of anilines is 1. The first-order chi connectivity index (χ1) is 11.0. The molecular formula is C17H19FN2O3. The summed E-state index contributed by atoms with van der Waals surface area (Å²) in [5.74, 6) is 0.799. The molecule has 2 aromatic rings. The largest absolute Gasteiger partial charge is 0.493 e. The number of halogens is 1. The normalized spacial score (nSPS) is 11.5. The van der Waals surface area contributed by atoms with Gasteiger partial charge in [-0.2, -0.15) is 0 Å². The van der Waals surface area contributed by atoms with Crippen LogP contribution in [0.1, 0.15) is 18.5 Å². The number of carbonyl (C=O) groups is 1. The predicted octanol–water partition coefficient (Wildman–Crippen LogP) is 3.73. The van der Waals surface area contributed by atoms with Crippen molar-refractivity contribution in [2.24, 2.45) is 0 Å². The van der Waals surface area contributed by atoms with Crippen LogP contribution in [0.2, 0.25) is 0 Å². The highest BCUT2D eigenvalue weighted by Crippen LogP contribution is 2.29. The molecule has 2 rings (SSSR count). The average Bonchev–Trinajstić information content (AvgIpc) is 2.53. The first-order valence-electron chi connectivity index (χ1n) is 7.08. The summed E-state index contributed by atoms with van der Waals surface area (Å²) >= 11 is 0. The van der Waals surface area contributed by atoms with E-state index >= 15 is 0 Å². The van der Waals surface area contributed by atoms with Gasteiger partial charge < -0.3 is 20.1 Å². The van der Waals surface area contributed by atoms with Gasteiger partial charge in [0.25, 0.3) is 0 Å². The highest BCUT2D eigenvalue weighted by Gasteiger charge is 2.13. The van der Waals surface area contributed by atoms with Gasteiger partial charge in [-0.15, -0.1) is 0 Å². The van der Waals surface area contributed by atoms with Crippen molar-refractivity contribution in [2.45, 2.75) is 13.0 Å². The highest BCUT2D eigenvalue weighted by atomic mass is 19.1. The van der Waals surface area contributed by atoms with Gasteiger partial charge in [-0.05, 0) is 42.8 Å². The second kappa shape index (κ2) is 7.49. The van der Waals surface area contributed by atoms with Gasteiger partial charge in [0.05, 0.1) is 20.3 Å². The molecule has 0 saturated heterocycles. The third-order valence-corrected chi connectivity index (χ3v) is 3.34. The SMILES string of the molecule is COc1ccc(C(C)NC(=O)Nc2cccc(F)c2)cc1OC. The molecule has 0 saturated carbocycles. The number of rotatable bonds is 5. The smallest absolute Gasteiger partial charge is 0.319 e.